The Kier molecular flexibility index (Phi) is 5.94. The molecule has 0 bridgehead atoms. The van der Waals surface area contributed by atoms with E-state index >= 15 is 0 Å². The predicted octanol–water partition coefficient (Wildman–Crippen LogP) is 3.04. The molecule has 0 saturated heterocycles. The van der Waals surface area contributed by atoms with Crippen LogP contribution >= 0.6 is 11.6 Å². The van der Waals surface area contributed by atoms with Gasteiger partial charge in [-0.25, -0.2) is 4.68 Å². The highest BCUT2D eigenvalue weighted by atomic mass is 35.5. The minimum atomic E-state index is -0.245. The van der Waals surface area contributed by atoms with Gasteiger partial charge < -0.3 is 10.4 Å². The van der Waals surface area contributed by atoms with E-state index in [9.17, 15) is 5.11 Å². The van der Waals surface area contributed by atoms with E-state index in [1.54, 1.807) is 0 Å². The molecule has 0 aliphatic carbocycles. The zero-order chi connectivity index (χ0) is 16.1. The van der Waals surface area contributed by atoms with Gasteiger partial charge in [0, 0.05) is 5.02 Å². The number of hydrogen-bond acceptors (Lipinski definition) is 4. The first-order valence-electron chi connectivity index (χ1n) is 7.62. The van der Waals surface area contributed by atoms with E-state index < -0.39 is 0 Å². The number of aliphatic hydroxyl groups excluding tert-OH is 1. The van der Waals surface area contributed by atoms with Gasteiger partial charge in [-0.05, 0) is 57.5 Å². The summed E-state index contributed by atoms with van der Waals surface area (Å²) in [6.45, 7) is 6.80. The zero-order valence-corrected chi connectivity index (χ0v) is 14.0. The molecule has 2 aromatic rings. The standard InChI is InChI=1S/C16H23ClN4O/c1-4-15(22)9-10-18-11(2)16-12(3)21(20-19-16)14-7-5-13(17)6-8-14/h5-8,11,15,18,22H,4,9-10H2,1-3H3. The Morgan fingerprint density at radius 3 is 2.64 bits per heavy atom. The summed E-state index contributed by atoms with van der Waals surface area (Å²) in [5, 5.41) is 22.2. The molecule has 0 aliphatic heterocycles. The second-order valence-corrected chi connectivity index (χ2v) is 5.91. The molecular weight excluding hydrogens is 300 g/mol. The van der Waals surface area contributed by atoms with Crippen LogP contribution in [-0.2, 0) is 0 Å². The van der Waals surface area contributed by atoms with E-state index in [1.807, 2.05) is 42.8 Å². The van der Waals surface area contributed by atoms with Gasteiger partial charge in [-0.15, -0.1) is 5.10 Å². The number of hydrogen-bond donors (Lipinski definition) is 2. The van der Waals surface area contributed by atoms with Gasteiger partial charge in [-0.3, -0.25) is 0 Å². The molecule has 5 nitrogen and oxygen atoms in total. The Hall–Kier alpha value is -1.43. The van der Waals surface area contributed by atoms with E-state index in [1.165, 1.54) is 0 Å². The number of benzene rings is 1. The van der Waals surface area contributed by atoms with E-state index in [0.717, 1.165) is 36.5 Å². The monoisotopic (exact) mass is 322 g/mol. The van der Waals surface area contributed by atoms with Crippen LogP contribution in [0.2, 0.25) is 5.02 Å². The van der Waals surface area contributed by atoms with Crippen LogP contribution in [0.5, 0.6) is 0 Å². The van der Waals surface area contributed by atoms with Crippen LogP contribution in [-0.4, -0.2) is 32.7 Å². The number of nitrogens with zero attached hydrogens (tertiary/aromatic N) is 3. The normalized spacial score (nSPS) is 14.0. The van der Waals surface area contributed by atoms with Gasteiger partial charge in [0.15, 0.2) is 0 Å². The average molecular weight is 323 g/mol. The molecular formula is C16H23ClN4O. The Labute approximate surface area is 136 Å². The van der Waals surface area contributed by atoms with E-state index in [2.05, 4.69) is 22.6 Å². The van der Waals surface area contributed by atoms with Gasteiger partial charge in [0.2, 0.25) is 0 Å². The maximum absolute atomic E-state index is 9.59. The maximum atomic E-state index is 9.59. The summed E-state index contributed by atoms with van der Waals surface area (Å²) in [4.78, 5) is 0. The maximum Gasteiger partial charge on any atom is 0.103 e. The van der Waals surface area contributed by atoms with E-state index in [-0.39, 0.29) is 12.1 Å². The SMILES string of the molecule is CCC(O)CCNC(C)c1nnn(-c2ccc(Cl)cc2)c1C. The van der Waals surface area contributed by atoms with Crippen molar-refractivity contribution in [3.63, 3.8) is 0 Å². The minimum absolute atomic E-state index is 0.0881. The largest absolute Gasteiger partial charge is 0.393 e. The highest BCUT2D eigenvalue weighted by Crippen LogP contribution is 2.19. The first kappa shape index (κ1) is 16.9. The second-order valence-electron chi connectivity index (χ2n) is 5.47. The van der Waals surface area contributed by atoms with Crippen LogP contribution in [0.25, 0.3) is 5.69 Å². The Balaban J connectivity index is 2.05. The average Bonchev–Trinajstić information content (AvgIpc) is 2.89. The molecule has 0 fully saturated rings. The Morgan fingerprint density at radius 1 is 1.32 bits per heavy atom. The molecule has 2 N–H and O–H groups in total. The van der Waals surface area contributed by atoms with Crippen LogP contribution in [0.1, 0.15) is 44.1 Å². The molecule has 0 amide bonds. The van der Waals surface area contributed by atoms with Gasteiger partial charge in [0.05, 0.1) is 23.5 Å². The molecule has 22 heavy (non-hydrogen) atoms. The molecule has 1 aromatic heterocycles. The van der Waals surface area contributed by atoms with Crippen molar-refractivity contribution in [2.45, 2.75) is 45.8 Å². The van der Waals surface area contributed by atoms with Gasteiger partial charge in [0.25, 0.3) is 0 Å². The molecule has 1 aromatic carbocycles. The molecule has 2 rings (SSSR count). The highest BCUT2D eigenvalue weighted by Gasteiger charge is 2.16. The summed E-state index contributed by atoms with van der Waals surface area (Å²) < 4.78 is 1.81. The minimum Gasteiger partial charge on any atom is -0.393 e. The van der Waals surface area contributed by atoms with Crippen LogP contribution in [0.3, 0.4) is 0 Å². The van der Waals surface area contributed by atoms with E-state index in [0.29, 0.717) is 5.02 Å². The van der Waals surface area contributed by atoms with Crippen molar-refractivity contribution >= 4 is 11.6 Å². The summed E-state index contributed by atoms with van der Waals surface area (Å²) in [6, 6.07) is 7.61. The second kappa shape index (κ2) is 7.72. The molecule has 2 atom stereocenters. The Bertz CT molecular complexity index is 597. The summed E-state index contributed by atoms with van der Waals surface area (Å²) >= 11 is 5.91. The van der Waals surface area contributed by atoms with Crippen molar-refractivity contribution in [3.8, 4) is 5.69 Å². The third-order valence-corrected chi connectivity index (χ3v) is 4.06. The van der Waals surface area contributed by atoms with E-state index in [4.69, 9.17) is 11.6 Å². The van der Waals surface area contributed by atoms with Crippen molar-refractivity contribution in [3.05, 3.63) is 40.7 Å². The molecule has 0 saturated carbocycles. The molecule has 0 aliphatic rings. The Morgan fingerprint density at radius 2 is 2.00 bits per heavy atom. The molecule has 0 radical (unpaired) electrons. The summed E-state index contributed by atoms with van der Waals surface area (Å²) in [7, 11) is 0. The molecule has 120 valence electrons. The summed E-state index contributed by atoms with van der Waals surface area (Å²) in [5.41, 5.74) is 2.86. The summed E-state index contributed by atoms with van der Waals surface area (Å²) in [5.74, 6) is 0. The summed E-state index contributed by atoms with van der Waals surface area (Å²) in [6.07, 6.45) is 1.28. The number of rotatable bonds is 7. The molecule has 6 heteroatoms. The fraction of sp³-hybridized carbons (Fsp3) is 0.500. The lowest BCUT2D eigenvalue weighted by molar-refractivity contribution is 0.158. The van der Waals surface area contributed by atoms with Crippen molar-refractivity contribution in [1.82, 2.24) is 20.3 Å². The van der Waals surface area contributed by atoms with Gasteiger partial charge >= 0.3 is 0 Å². The van der Waals surface area contributed by atoms with Crippen molar-refractivity contribution in [1.29, 1.82) is 0 Å². The molecule has 2 unspecified atom stereocenters. The topological polar surface area (TPSA) is 63.0 Å². The number of halogens is 1. The highest BCUT2D eigenvalue weighted by molar-refractivity contribution is 6.30. The van der Waals surface area contributed by atoms with Crippen LogP contribution in [0.4, 0.5) is 0 Å². The molecule has 1 heterocycles. The lowest BCUT2D eigenvalue weighted by Crippen LogP contribution is -2.24. The number of nitrogens with one attached hydrogen (secondary N) is 1. The third-order valence-electron chi connectivity index (χ3n) is 3.81. The number of aromatic nitrogens is 3. The molecule has 0 spiro atoms. The quantitative estimate of drug-likeness (QED) is 0.822. The predicted molar refractivity (Wildman–Crippen MR) is 88.4 cm³/mol. The smallest absolute Gasteiger partial charge is 0.103 e. The van der Waals surface area contributed by atoms with Gasteiger partial charge in [0.1, 0.15) is 5.69 Å². The van der Waals surface area contributed by atoms with Crippen LogP contribution in [0, 0.1) is 6.92 Å². The van der Waals surface area contributed by atoms with Crippen molar-refractivity contribution < 1.29 is 5.11 Å². The third kappa shape index (κ3) is 4.06. The number of aliphatic hydroxyl groups is 1. The first-order chi connectivity index (χ1) is 10.5. The fourth-order valence-electron chi connectivity index (χ4n) is 2.34. The van der Waals surface area contributed by atoms with Gasteiger partial charge in [-0.2, -0.15) is 0 Å². The lowest BCUT2D eigenvalue weighted by Gasteiger charge is -2.14. The zero-order valence-electron chi connectivity index (χ0n) is 13.3. The van der Waals surface area contributed by atoms with Crippen molar-refractivity contribution in [2.75, 3.05) is 6.54 Å². The first-order valence-corrected chi connectivity index (χ1v) is 8.00. The fourth-order valence-corrected chi connectivity index (χ4v) is 2.46. The van der Waals surface area contributed by atoms with Crippen molar-refractivity contribution in [2.24, 2.45) is 0 Å². The van der Waals surface area contributed by atoms with Crippen LogP contribution < -0.4 is 5.32 Å². The van der Waals surface area contributed by atoms with Crippen LogP contribution in [0.15, 0.2) is 24.3 Å². The van der Waals surface area contributed by atoms with Gasteiger partial charge in [-0.1, -0.05) is 23.7 Å². The lowest BCUT2D eigenvalue weighted by atomic mass is 10.1.